The highest BCUT2D eigenvalue weighted by Gasteiger charge is 2.26. The van der Waals surface area contributed by atoms with E-state index < -0.39 is 10.0 Å². The van der Waals surface area contributed by atoms with Crippen LogP contribution in [-0.4, -0.2) is 49.9 Å². The second kappa shape index (κ2) is 5.84. The Labute approximate surface area is 101 Å². The Kier molecular flexibility index (Phi) is 5.01. The number of nitrogens with one attached hydrogen (secondary N) is 1. The fraction of sp³-hybridized carbons (Fsp3) is 0.889. The van der Waals surface area contributed by atoms with Crippen molar-refractivity contribution in [1.29, 1.82) is 0 Å². The summed E-state index contributed by atoms with van der Waals surface area (Å²) in [6.45, 7) is 2.80. The van der Waals surface area contributed by atoms with E-state index in [2.05, 4.69) is 5.32 Å². The number of halogens is 1. The molecule has 1 atom stereocenters. The van der Waals surface area contributed by atoms with E-state index >= 15 is 0 Å². The van der Waals surface area contributed by atoms with Crippen molar-refractivity contribution in [1.82, 2.24) is 9.62 Å². The number of hydrogen-bond donors (Lipinski definition) is 1. The lowest BCUT2D eigenvalue weighted by Gasteiger charge is -2.20. The van der Waals surface area contributed by atoms with Crippen LogP contribution in [0, 0.1) is 5.92 Å². The summed E-state index contributed by atoms with van der Waals surface area (Å²) in [6.07, 6.45) is 0.231. The first-order chi connectivity index (χ1) is 7.45. The van der Waals surface area contributed by atoms with Crippen LogP contribution in [0.4, 0.5) is 0 Å². The van der Waals surface area contributed by atoms with Gasteiger partial charge in [0.15, 0.2) is 0 Å². The summed E-state index contributed by atoms with van der Waals surface area (Å²) in [5, 5.41) is 2.64. The van der Waals surface area contributed by atoms with Gasteiger partial charge in [-0.2, -0.15) is 4.31 Å². The molecule has 1 rings (SSSR count). The van der Waals surface area contributed by atoms with Crippen molar-refractivity contribution < 1.29 is 13.2 Å². The van der Waals surface area contributed by atoms with Crippen molar-refractivity contribution in [2.75, 3.05) is 31.3 Å². The topological polar surface area (TPSA) is 66.5 Å². The SMILES string of the molecule is CC(CCl)CS(=O)(=O)N1CCNC(=O)CC1. The molecule has 1 saturated heterocycles. The molecule has 1 aliphatic heterocycles. The lowest BCUT2D eigenvalue weighted by Crippen LogP contribution is -2.37. The van der Waals surface area contributed by atoms with E-state index in [1.54, 1.807) is 6.92 Å². The smallest absolute Gasteiger partial charge is 0.221 e. The van der Waals surface area contributed by atoms with Crippen LogP contribution in [0.3, 0.4) is 0 Å². The van der Waals surface area contributed by atoms with Crippen LogP contribution in [0.1, 0.15) is 13.3 Å². The van der Waals surface area contributed by atoms with Crippen molar-refractivity contribution in [3.05, 3.63) is 0 Å². The molecule has 0 bridgehead atoms. The largest absolute Gasteiger partial charge is 0.355 e. The molecule has 0 saturated carbocycles. The summed E-state index contributed by atoms with van der Waals surface area (Å²) >= 11 is 5.60. The van der Waals surface area contributed by atoms with Gasteiger partial charge in [-0.05, 0) is 5.92 Å². The Morgan fingerprint density at radius 3 is 2.81 bits per heavy atom. The molecule has 1 unspecified atom stereocenters. The van der Waals surface area contributed by atoms with Crippen molar-refractivity contribution in [2.45, 2.75) is 13.3 Å². The molecule has 1 aliphatic rings. The monoisotopic (exact) mass is 268 g/mol. The van der Waals surface area contributed by atoms with Gasteiger partial charge in [0.1, 0.15) is 0 Å². The molecule has 1 heterocycles. The average Bonchev–Trinajstić information content (AvgIpc) is 2.42. The normalized spacial score (nSPS) is 21.2. The van der Waals surface area contributed by atoms with Crippen LogP contribution in [0.5, 0.6) is 0 Å². The Hall–Kier alpha value is -0.330. The maximum absolute atomic E-state index is 11.9. The summed E-state index contributed by atoms with van der Waals surface area (Å²) in [7, 11) is -3.28. The lowest BCUT2D eigenvalue weighted by molar-refractivity contribution is -0.120. The van der Waals surface area contributed by atoms with Crippen molar-refractivity contribution in [3.8, 4) is 0 Å². The molecular weight excluding hydrogens is 252 g/mol. The van der Waals surface area contributed by atoms with Gasteiger partial charge in [-0.25, -0.2) is 8.42 Å². The zero-order chi connectivity index (χ0) is 12.2. The second-order valence-corrected chi connectivity index (χ2v) is 6.36. The zero-order valence-electron chi connectivity index (χ0n) is 9.28. The average molecular weight is 269 g/mol. The number of nitrogens with zero attached hydrogens (tertiary/aromatic N) is 1. The van der Waals surface area contributed by atoms with Gasteiger partial charge in [-0.3, -0.25) is 4.79 Å². The summed E-state index contributed by atoms with van der Waals surface area (Å²) < 4.78 is 25.3. The number of sulfonamides is 1. The van der Waals surface area contributed by atoms with E-state index in [0.29, 0.717) is 19.0 Å². The van der Waals surface area contributed by atoms with Crippen molar-refractivity contribution >= 4 is 27.5 Å². The maximum atomic E-state index is 11.9. The number of rotatable bonds is 4. The third kappa shape index (κ3) is 3.92. The standard InChI is InChI=1S/C9H17ClN2O3S/c1-8(6-10)7-16(14,15)12-4-2-9(13)11-3-5-12/h8H,2-7H2,1H3,(H,11,13). The Bertz CT molecular complexity index is 345. The molecule has 0 spiro atoms. The first-order valence-electron chi connectivity index (χ1n) is 5.26. The highest BCUT2D eigenvalue weighted by molar-refractivity contribution is 7.89. The van der Waals surface area contributed by atoms with E-state index in [9.17, 15) is 13.2 Å². The van der Waals surface area contributed by atoms with Gasteiger partial charge >= 0.3 is 0 Å². The number of carbonyl (C=O) groups excluding carboxylic acids is 1. The molecule has 0 aliphatic carbocycles. The summed E-state index contributed by atoms with van der Waals surface area (Å²) in [6, 6.07) is 0. The molecule has 7 heteroatoms. The van der Waals surface area contributed by atoms with E-state index in [-0.39, 0.29) is 30.5 Å². The van der Waals surface area contributed by atoms with E-state index in [0.717, 1.165) is 0 Å². The highest BCUT2D eigenvalue weighted by Crippen LogP contribution is 2.10. The molecule has 0 aromatic rings. The molecule has 0 aromatic heterocycles. The van der Waals surface area contributed by atoms with Crippen LogP contribution in [0.15, 0.2) is 0 Å². The number of amides is 1. The molecule has 16 heavy (non-hydrogen) atoms. The molecular formula is C9H17ClN2O3S. The molecule has 94 valence electrons. The van der Waals surface area contributed by atoms with Crippen molar-refractivity contribution in [2.24, 2.45) is 5.92 Å². The van der Waals surface area contributed by atoms with Crippen LogP contribution >= 0.6 is 11.6 Å². The number of hydrogen-bond acceptors (Lipinski definition) is 3. The minimum atomic E-state index is -3.28. The van der Waals surface area contributed by atoms with Crippen molar-refractivity contribution in [3.63, 3.8) is 0 Å². The first-order valence-corrected chi connectivity index (χ1v) is 7.40. The lowest BCUT2D eigenvalue weighted by atomic mass is 10.3. The summed E-state index contributed by atoms with van der Waals surface area (Å²) in [4.78, 5) is 11.1. The van der Waals surface area contributed by atoms with E-state index in [4.69, 9.17) is 11.6 Å². The molecule has 1 amide bonds. The van der Waals surface area contributed by atoms with Crippen LogP contribution in [-0.2, 0) is 14.8 Å². The maximum Gasteiger partial charge on any atom is 0.221 e. The van der Waals surface area contributed by atoms with Gasteiger partial charge in [0.05, 0.1) is 5.75 Å². The zero-order valence-corrected chi connectivity index (χ0v) is 10.9. The number of alkyl halides is 1. The molecule has 1 fully saturated rings. The van der Waals surface area contributed by atoms with Gasteiger partial charge in [-0.15, -0.1) is 11.6 Å². The molecule has 5 nitrogen and oxygen atoms in total. The molecule has 0 radical (unpaired) electrons. The van der Waals surface area contributed by atoms with Gasteiger partial charge in [-0.1, -0.05) is 6.92 Å². The van der Waals surface area contributed by atoms with Crippen LogP contribution in [0.2, 0.25) is 0 Å². The Morgan fingerprint density at radius 2 is 2.19 bits per heavy atom. The predicted octanol–water partition coefficient (Wildman–Crippen LogP) is 0.0130. The minimum Gasteiger partial charge on any atom is -0.355 e. The summed E-state index contributed by atoms with van der Waals surface area (Å²) in [5.41, 5.74) is 0. The third-order valence-electron chi connectivity index (χ3n) is 2.42. The van der Waals surface area contributed by atoms with Gasteiger partial charge in [0, 0.05) is 31.9 Å². The molecule has 0 aromatic carbocycles. The Balaban J connectivity index is 2.64. The number of carbonyl (C=O) groups is 1. The fourth-order valence-corrected chi connectivity index (χ4v) is 3.56. The van der Waals surface area contributed by atoms with Crippen LogP contribution in [0.25, 0.3) is 0 Å². The van der Waals surface area contributed by atoms with Gasteiger partial charge in [0.25, 0.3) is 0 Å². The first kappa shape index (κ1) is 13.7. The molecule has 1 N–H and O–H groups in total. The highest BCUT2D eigenvalue weighted by atomic mass is 35.5. The fourth-order valence-electron chi connectivity index (χ4n) is 1.53. The quantitative estimate of drug-likeness (QED) is 0.731. The van der Waals surface area contributed by atoms with Gasteiger partial charge < -0.3 is 5.32 Å². The van der Waals surface area contributed by atoms with Gasteiger partial charge in [0.2, 0.25) is 15.9 Å². The predicted molar refractivity (Wildman–Crippen MR) is 62.9 cm³/mol. The van der Waals surface area contributed by atoms with Crippen LogP contribution < -0.4 is 5.32 Å². The third-order valence-corrected chi connectivity index (χ3v) is 5.09. The summed E-state index contributed by atoms with van der Waals surface area (Å²) in [5.74, 6) is 0.205. The van der Waals surface area contributed by atoms with E-state index in [1.165, 1.54) is 4.31 Å². The van der Waals surface area contributed by atoms with E-state index in [1.807, 2.05) is 0 Å². The Morgan fingerprint density at radius 1 is 1.50 bits per heavy atom. The second-order valence-electron chi connectivity index (χ2n) is 4.04. The minimum absolute atomic E-state index is 0.0463.